The Morgan fingerprint density at radius 1 is 1.04 bits per heavy atom. The number of pyridine rings is 1. The Balaban J connectivity index is 0.000000354. The normalized spacial score (nSPS) is 18.5. The molecule has 0 N–H and O–H groups in total. The van der Waals surface area contributed by atoms with Gasteiger partial charge in [0, 0.05) is 43.3 Å². The van der Waals surface area contributed by atoms with Crippen molar-refractivity contribution in [3.63, 3.8) is 0 Å². The molecule has 1 saturated heterocycles. The van der Waals surface area contributed by atoms with Crippen molar-refractivity contribution in [3.8, 4) is 5.75 Å². The van der Waals surface area contributed by atoms with Gasteiger partial charge in [0.05, 0.1) is 18.6 Å². The molecule has 45 heavy (non-hydrogen) atoms. The number of hydrogen-bond acceptors (Lipinski definition) is 5. The molecule has 14 heteroatoms. The number of rotatable bonds is 5. The molecular formula is C31H32F7N3O3S. The second kappa shape index (κ2) is 14.2. The highest BCUT2D eigenvalue weighted by Crippen LogP contribution is 2.37. The molecule has 0 bridgehead atoms. The Morgan fingerprint density at radius 3 is 2.42 bits per heavy atom. The number of fused-ring (bicyclic) bond motifs is 1. The number of hydrogen-bond donors (Lipinski definition) is 0. The fraction of sp³-hybridized carbons (Fsp3) is 0.452. The van der Waals surface area contributed by atoms with Gasteiger partial charge in [0.25, 0.3) is 5.91 Å². The Hall–Kier alpha value is -3.68. The number of alkyl halides is 6. The van der Waals surface area contributed by atoms with Gasteiger partial charge in [-0.25, -0.2) is 4.39 Å². The number of ether oxygens (including phenoxy) is 1. The third-order valence-electron chi connectivity index (χ3n) is 7.84. The van der Waals surface area contributed by atoms with Crippen molar-refractivity contribution in [2.45, 2.75) is 64.0 Å². The predicted octanol–water partition coefficient (Wildman–Crippen LogP) is 7.62. The summed E-state index contributed by atoms with van der Waals surface area (Å²) in [6.45, 7) is 3.00. The Morgan fingerprint density at radius 2 is 1.80 bits per heavy atom. The summed E-state index contributed by atoms with van der Waals surface area (Å²) in [5.41, 5.74) is 0.0752. The number of piperidine rings is 1. The maximum atomic E-state index is 13.6. The van der Waals surface area contributed by atoms with Gasteiger partial charge in [-0.15, -0.1) is 11.3 Å². The topological polar surface area (TPSA) is 62.7 Å². The number of halogens is 7. The van der Waals surface area contributed by atoms with E-state index in [-0.39, 0.29) is 24.0 Å². The minimum atomic E-state index is -4.70. The number of nitrogens with zero attached hydrogens (tertiary/aromatic N) is 3. The summed E-state index contributed by atoms with van der Waals surface area (Å²) < 4.78 is 94.4. The van der Waals surface area contributed by atoms with Crippen LogP contribution in [0, 0.1) is 11.7 Å². The van der Waals surface area contributed by atoms with Gasteiger partial charge in [0.15, 0.2) is 0 Å². The quantitative estimate of drug-likeness (QED) is 0.265. The SMILES string of the molecule is CCC[C@@H]1[C@H](C(=O)N2CCc3cc(F)ccc3C2)CCCN1C(=O)c1ncccc1C(F)(F)F.COc1csc(C(F)(F)F)c1. The summed E-state index contributed by atoms with van der Waals surface area (Å²) in [6, 6.07) is 7.04. The number of aromatic nitrogens is 1. The molecule has 0 aliphatic carbocycles. The molecule has 244 valence electrons. The summed E-state index contributed by atoms with van der Waals surface area (Å²) in [5, 5.41) is 1.32. The number of likely N-dealkylation sites (tertiary alicyclic amines) is 1. The first-order valence-corrected chi connectivity index (χ1v) is 15.2. The largest absolute Gasteiger partial charge is 0.496 e. The van der Waals surface area contributed by atoms with Crippen LogP contribution in [0.3, 0.4) is 0 Å². The van der Waals surface area contributed by atoms with Crippen LogP contribution in [-0.4, -0.2) is 52.8 Å². The Kier molecular flexibility index (Phi) is 10.8. The second-order valence-corrected chi connectivity index (χ2v) is 11.7. The first-order valence-electron chi connectivity index (χ1n) is 14.3. The van der Waals surface area contributed by atoms with Crippen LogP contribution in [0.2, 0.25) is 0 Å². The van der Waals surface area contributed by atoms with Crippen LogP contribution >= 0.6 is 11.3 Å². The van der Waals surface area contributed by atoms with Crippen LogP contribution in [0.15, 0.2) is 48.0 Å². The van der Waals surface area contributed by atoms with Crippen LogP contribution in [0.25, 0.3) is 0 Å². The summed E-state index contributed by atoms with van der Waals surface area (Å²) in [4.78, 5) is 33.1. The molecule has 4 heterocycles. The molecule has 6 nitrogen and oxygen atoms in total. The lowest BCUT2D eigenvalue weighted by Gasteiger charge is -2.43. The third kappa shape index (κ3) is 8.13. The van der Waals surface area contributed by atoms with Gasteiger partial charge in [0.2, 0.25) is 5.91 Å². The van der Waals surface area contributed by atoms with Crippen molar-refractivity contribution in [2.24, 2.45) is 5.92 Å². The van der Waals surface area contributed by atoms with Crippen LogP contribution < -0.4 is 4.74 Å². The van der Waals surface area contributed by atoms with Gasteiger partial charge in [-0.2, -0.15) is 26.3 Å². The molecule has 3 aromatic rings. The Labute approximate surface area is 259 Å². The lowest BCUT2D eigenvalue weighted by atomic mass is 9.84. The van der Waals surface area contributed by atoms with Crippen molar-refractivity contribution >= 4 is 23.2 Å². The van der Waals surface area contributed by atoms with E-state index in [4.69, 9.17) is 0 Å². The zero-order valence-electron chi connectivity index (χ0n) is 24.6. The average Bonchev–Trinajstić information content (AvgIpc) is 3.51. The second-order valence-electron chi connectivity index (χ2n) is 10.8. The molecule has 1 aromatic carbocycles. The smallest absolute Gasteiger partial charge is 0.425 e. The summed E-state index contributed by atoms with van der Waals surface area (Å²) in [6.07, 6.45) is -4.97. The standard InChI is InChI=1S/C25H27F4N3O2.C6H5F3OS/c1-2-5-21-19(23(33)31-13-10-16-14-18(26)9-8-17(16)15-31)6-4-12-32(21)24(34)22-20(25(27,28)29)7-3-11-30-22;1-10-4-2-5(11-3-4)6(7,8)9/h3,7-9,11,14,19,21H,2,4-6,10,12-13,15H2,1H3;2-3H,1H3/t19-,21-;/m1./s1. The summed E-state index contributed by atoms with van der Waals surface area (Å²) >= 11 is 0.631. The van der Waals surface area contributed by atoms with Crippen LogP contribution in [0.1, 0.15) is 64.7 Å². The first-order chi connectivity index (χ1) is 21.2. The van der Waals surface area contributed by atoms with E-state index in [1.54, 1.807) is 11.0 Å². The molecule has 2 aromatic heterocycles. The van der Waals surface area contributed by atoms with Crippen LogP contribution in [0.4, 0.5) is 30.7 Å². The van der Waals surface area contributed by atoms with Gasteiger partial charge in [0.1, 0.15) is 22.1 Å². The first kappa shape index (κ1) is 34.2. The molecule has 0 spiro atoms. The number of carbonyl (C=O) groups excluding carboxylic acids is 2. The Bertz CT molecular complexity index is 1490. The monoisotopic (exact) mass is 659 g/mol. The third-order valence-corrected chi connectivity index (χ3v) is 8.79. The number of amides is 2. The van der Waals surface area contributed by atoms with Crippen molar-refractivity contribution in [1.29, 1.82) is 0 Å². The van der Waals surface area contributed by atoms with Crippen LogP contribution in [0.5, 0.6) is 5.75 Å². The van der Waals surface area contributed by atoms with Gasteiger partial charge in [-0.1, -0.05) is 19.4 Å². The molecular weight excluding hydrogens is 627 g/mol. The molecule has 2 amide bonds. The zero-order valence-corrected chi connectivity index (χ0v) is 25.4. The molecule has 0 saturated carbocycles. The van der Waals surface area contributed by atoms with E-state index < -0.39 is 46.4 Å². The lowest BCUT2D eigenvalue weighted by Crippen LogP contribution is -2.54. The van der Waals surface area contributed by atoms with Crippen molar-refractivity contribution < 1.29 is 45.1 Å². The maximum absolute atomic E-state index is 13.6. The van der Waals surface area contributed by atoms with Gasteiger partial charge >= 0.3 is 12.4 Å². The molecule has 2 aliphatic rings. The minimum absolute atomic E-state index is 0.108. The molecule has 2 atom stereocenters. The highest BCUT2D eigenvalue weighted by Gasteiger charge is 2.43. The number of thiophene rings is 1. The predicted molar refractivity (Wildman–Crippen MR) is 153 cm³/mol. The maximum Gasteiger partial charge on any atom is 0.425 e. The number of methoxy groups -OCH3 is 1. The average molecular weight is 660 g/mol. The van der Waals surface area contributed by atoms with E-state index in [0.29, 0.717) is 56.5 Å². The molecule has 5 rings (SSSR count). The molecule has 0 unspecified atom stereocenters. The van der Waals surface area contributed by atoms with Crippen molar-refractivity contribution in [2.75, 3.05) is 20.2 Å². The molecule has 0 radical (unpaired) electrons. The van der Waals surface area contributed by atoms with Gasteiger partial charge < -0.3 is 14.5 Å². The summed E-state index contributed by atoms with van der Waals surface area (Å²) in [5.74, 6) is -1.46. The highest BCUT2D eigenvalue weighted by atomic mass is 32.1. The fourth-order valence-electron chi connectivity index (χ4n) is 5.71. The van der Waals surface area contributed by atoms with Gasteiger partial charge in [-0.05, 0) is 61.1 Å². The van der Waals surface area contributed by atoms with Crippen LogP contribution in [-0.2, 0) is 30.1 Å². The highest BCUT2D eigenvalue weighted by molar-refractivity contribution is 7.10. The van der Waals surface area contributed by atoms with E-state index in [2.05, 4.69) is 9.72 Å². The fourth-order valence-corrected chi connectivity index (χ4v) is 6.43. The number of benzene rings is 1. The van der Waals surface area contributed by atoms with Crippen molar-refractivity contribution in [1.82, 2.24) is 14.8 Å². The zero-order chi connectivity index (χ0) is 32.9. The van der Waals surface area contributed by atoms with E-state index in [9.17, 15) is 40.3 Å². The van der Waals surface area contributed by atoms with E-state index in [1.165, 1.54) is 35.7 Å². The van der Waals surface area contributed by atoms with E-state index in [1.807, 2.05) is 6.92 Å². The number of carbonyl (C=O) groups is 2. The van der Waals surface area contributed by atoms with E-state index in [0.717, 1.165) is 29.3 Å². The summed E-state index contributed by atoms with van der Waals surface area (Å²) in [7, 11) is 1.34. The molecule has 2 aliphatic heterocycles. The van der Waals surface area contributed by atoms with Gasteiger partial charge in [-0.3, -0.25) is 14.6 Å². The van der Waals surface area contributed by atoms with E-state index >= 15 is 0 Å². The lowest BCUT2D eigenvalue weighted by molar-refractivity contribution is -0.141. The minimum Gasteiger partial charge on any atom is -0.496 e. The molecule has 1 fully saturated rings. The van der Waals surface area contributed by atoms with Crippen molar-refractivity contribution in [3.05, 3.63) is 81.1 Å².